The first-order valence-corrected chi connectivity index (χ1v) is 6.87. The van der Waals surface area contributed by atoms with Gasteiger partial charge in [0.1, 0.15) is 0 Å². The van der Waals surface area contributed by atoms with E-state index in [2.05, 4.69) is 38.0 Å². The fourth-order valence-electron chi connectivity index (χ4n) is 1.64. The first kappa shape index (κ1) is 15.0. The van der Waals surface area contributed by atoms with E-state index in [0.29, 0.717) is 30.1 Å². The van der Waals surface area contributed by atoms with Crippen LogP contribution in [0.4, 0.5) is 5.82 Å². The molecule has 0 radical (unpaired) electrons. The minimum Gasteiger partial charge on any atom is -0.361 e. The van der Waals surface area contributed by atoms with Crippen LogP contribution in [-0.4, -0.2) is 21.5 Å². The number of rotatable bonds is 6. The Morgan fingerprint density at radius 2 is 2.06 bits per heavy atom. The summed E-state index contributed by atoms with van der Waals surface area (Å²) in [7, 11) is 0. The van der Waals surface area contributed by atoms with Crippen LogP contribution in [0.2, 0.25) is 0 Å². The molecule has 0 spiro atoms. The van der Waals surface area contributed by atoms with Crippen LogP contribution >= 0.6 is 11.6 Å². The van der Waals surface area contributed by atoms with E-state index in [4.69, 9.17) is 11.6 Å². The molecule has 18 heavy (non-hydrogen) atoms. The summed E-state index contributed by atoms with van der Waals surface area (Å²) < 4.78 is 1.69. The Hall–Kier alpha value is -1.03. The lowest BCUT2D eigenvalue weighted by atomic mass is 10.1. The highest BCUT2D eigenvalue weighted by Gasteiger charge is 2.15. The normalized spacial score (nSPS) is 13.1. The molecule has 1 aromatic rings. The van der Waals surface area contributed by atoms with Crippen LogP contribution in [0, 0.1) is 11.8 Å². The monoisotopic (exact) mass is 271 g/mol. The van der Waals surface area contributed by atoms with E-state index < -0.39 is 0 Å². The van der Waals surface area contributed by atoms with Crippen molar-refractivity contribution in [2.75, 3.05) is 11.2 Å². The summed E-state index contributed by atoms with van der Waals surface area (Å²) in [6.07, 6.45) is 3.37. The molecule has 0 saturated heterocycles. The summed E-state index contributed by atoms with van der Waals surface area (Å²) in [5.41, 5.74) is -0.0815. The van der Waals surface area contributed by atoms with Crippen LogP contribution in [0.15, 0.2) is 17.2 Å². The molecule has 0 bridgehead atoms. The van der Waals surface area contributed by atoms with E-state index in [1.807, 2.05) is 0 Å². The molecule has 4 nitrogen and oxygen atoms in total. The molecular weight excluding hydrogens is 250 g/mol. The van der Waals surface area contributed by atoms with E-state index in [9.17, 15) is 4.79 Å². The fraction of sp³-hybridized carbons (Fsp3) is 0.692. The van der Waals surface area contributed by atoms with Crippen molar-refractivity contribution in [3.63, 3.8) is 0 Å². The second-order valence-corrected chi connectivity index (χ2v) is 5.58. The van der Waals surface area contributed by atoms with Crippen LogP contribution in [-0.2, 0) is 6.54 Å². The lowest BCUT2D eigenvalue weighted by Gasteiger charge is -2.20. The Bertz CT molecular complexity index is 428. The van der Waals surface area contributed by atoms with Crippen LogP contribution in [0.1, 0.15) is 27.7 Å². The van der Waals surface area contributed by atoms with Crippen LogP contribution in [0.25, 0.3) is 0 Å². The van der Waals surface area contributed by atoms with E-state index in [1.165, 1.54) is 0 Å². The molecule has 0 aliphatic rings. The smallest absolute Gasteiger partial charge is 0.293 e. The second-order valence-electron chi connectivity index (χ2n) is 5.28. The zero-order chi connectivity index (χ0) is 13.7. The Morgan fingerprint density at radius 1 is 1.39 bits per heavy atom. The summed E-state index contributed by atoms with van der Waals surface area (Å²) >= 11 is 5.89. The summed E-state index contributed by atoms with van der Waals surface area (Å²) in [5, 5.41) is 3.13. The van der Waals surface area contributed by atoms with Gasteiger partial charge >= 0.3 is 0 Å². The van der Waals surface area contributed by atoms with Crippen molar-refractivity contribution in [3.05, 3.63) is 22.7 Å². The molecule has 1 unspecified atom stereocenters. The van der Waals surface area contributed by atoms with Crippen molar-refractivity contribution in [1.29, 1.82) is 0 Å². The first-order chi connectivity index (χ1) is 8.45. The molecule has 0 fully saturated rings. The van der Waals surface area contributed by atoms with Gasteiger partial charge in [-0.2, -0.15) is 0 Å². The van der Waals surface area contributed by atoms with E-state index in [1.54, 1.807) is 17.0 Å². The van der Waals surface area contributed by atoms with Crippen LogP contribution in [0.5, 0.6) is 0 Å². The fourth-order valence-corrected chi connectivity index (χ4v) is 2.08. The number of aromatic nitrogens is 2. The molecule has 1 aromatic heterocycles. The van der Waals surface area contributed by atoms with E-state index in [0.717, 1.165) is 0 Å². The van der Waals surface area contributed by atoms with Crippen molar-refractivity contribution >= 4 is 17.4 Å². The third-order valence-electron chi connectivity index (χ3n) is 2.77. The molecular formula is C13H22ClN3O. The lowest BCUT2D eigenvalue weighted by Crippen LogP contribution is -2.33. The van der Waals surface area contributed by atoms with Crippen molar-refractivity contribution in [2.45, 2.75) is 40.3 Å². The first-order valence-electron chi connectivity index (χ1n) is 6.33. The summed E-state index contributed by atoms with van der Waals surface area (Å²) in [6, 6.07) is 0.0572. The topological polar surface area (TPSA) is 46.9 Å². The highest BCUT2D eigenvalue weighted by atomic mass is 35.5. The SMILES string of the molecule is CC(C)Cn1ccnc(NC(CCl)C(C)C)c1=O. The summed E-state index contributed by atoms with van der Waals surface area (Å²) in [5.74, 6) is 1.62. The number of anilines is 1. The average molecular weight is 272 g/mol. The molecule has 0 saturated carbocycles. The third kappa shape index (κ3) is 4.02. The minimum atomic E-state index is -0.0815. The molecule has 1 atom stereocenters. The van der Waals surface area contributed by atoms with Crippen molar-refractivity contribution in [3.8, 4) is 0 Å². The van der Waals surface area contributed by atoms with Gasteiger partial charge in [0.2, 0.25) is 0 Å². The number of halogens is 1. The third-order valence-corrected chi connectivity index (χ3v) is 3.10. The number of nitrogens with zero attached hydrogens (tertiary/aromatic N) is 2. The van der Waals surface area contributed by atoms with Crippen molar-refractivity contribution in [2.24, 2.45) is 11.8 Å². The standard InChI is InChI=1S/C13H22ClN3O/c1-9(2)8-17-6-5-15-12(13(17)18)16-11(7-14)10(3)4/h5-6,9-11H,7-8H2,1-4H3,(H,15,16). The number of hydrogen-bond acceptors (Lipinski definition) is 3. The predicted octanol–water partition coefficient (Wildman–Crippen LogP) is 2.57. The van der Waals surface area contributed by atoms with Gasteiger partial charge in [0.05, 0.1) is 0 Å². The quantitative estimate of drug-likeness (QED) is 0.809. The molecule has 102 valence electrons. The second kappa shape index (κ2) is 6.78. The lowest BCUT2D eigenvalue weighted by molar-refractivity contribution is 0.507. The molecule has 0 aliphatic heterocycles. The Balaban J connectivity index is 2.93. The molecule has 1 N–H and O–H groups in total. The van der Waals surface area contributed by atoms with Gasteiger partial charge in [-0.3, -0.25) is 4.79 Å². The highest BCUT2D eigenvalue weighted by molar-refractivity contribution is 6.18. The molecule has 0 aromatic carbocycles. The van der Waals surface area contributed by atoms with Gasteiger partial charge in [0.25, 0.3) is 5.56 Å². The largest absolute Gasteiger partial charge is 0.361 e. The minimum absolute atomic E-state index is 0.0572. The zero-order valence-corrected chi connectivity index (χ0v) is 12.2. The van der Waals surface area contributed by atoms with Gasteiger partial charge in [-0.15, -0.1) is 11.6 Å². The summed E-state index contributed by atoms with van der Waals surface area (Å²) in [4.78, 5) is 16.3. The molecule has 1 rings (SSSR count). The van der Waals surface area contributed by atoms with Gasteiger partial charge in [-0.05, 0) is 11.8 Å². The highest BCUT2D eigenvalue weighted by Crippen LogP contribution is 2.09. The van der Waals surface area contributed by atoms with Crippen LogP contribution < -0.4 is 10.9 Å². The van der Waals surface area contributed by atoms with Gasteiger partial charge in [0.15, 0.2) is 5.82 Å². The van der Waals surface area contributed by atoms with Gasteiger partial charge < -0.3 is 9.88 Å². The molecule has 1 heterocycles. The number of alkyl halides is 1. The maximum Gasteiger partial charge on any atom is 0.293 e. The molecule has 0 aliphatic carbocycles. The van der Waals surface area contributed by atoms with E-state index in [-0.39, 0.29) is 11.6 Å². The Labute approximate surface area is 113 Å². The maximum atomic E-state index is 12.2. The molecule has 0 amide bonds. The number of hydrogen-bond donors (Lipinski definition) is 1. The van der Waals surface area contributed by atoms with Crippen molar-refractivity contribution < 1.29 is 0 Å². The zero-order valence-electron chi connectivity index (χ0n) is 11.5. The van der Waals surface area contributed by atoms with Gasteiger partial charge in [0, 0.05) is 30.9 Å². The Kier molecular flexibility index (Phi) is 5.66. The summed E-state index contributed by atoms with van der Waals surface area (Å²) in [6.45, 7) is 8.99. The molecule has 5 heteroatoms. The van der Waals surface area contributed by atoms with E-state index >= 15 is 0 Å². The average Bonchev–Trinajstić information content (AvgIpc) is 2.29. The van der Waals surface area contributed by atoms with Gasteiger partial charge in [-0.25, -0.2) is 4.98 Å². The maximum absolute atomic E-state index is 12.2. The predicted molar refractivity (Wildman–Crippen MR) is 76.3 cm³/mol. The Morgan fingerprint density at radius 3 is 2.56 bits per heavy atom. The van der Waals surface area contributed by atoms with Crippen molar-refractivity contribution in [1.82, 2.24) is 9.55 Å². The van der Waals surface area contributed by atoms with Crippen LogP contribution in [0.3, 0.4) is 0 Å². The number of nitrogens with one attached hydrogen (secondary N) is 1. The van der Waals surface area contributed by atoms with Gasteiger partial charge in [-0.1, -0.05) is 27.7 Å².